The maximum Gasteiger partial charge on any atom is 0.115 e. The number of nitrogens with one attached hydrogen (secondary N) is 1. The van der Waals surface area contributed by atoms with Crippen molar-refractivity contribution in [3.05, 3.63) is 53.1 Å². The van der Waals surface area contributed by atoms with Gasteiger partial charge in [-0.3, -0.25) is 0 Å². The Balaban J connectivity index is 2.12. The number of nitriles is 1. The van der Waals surface area contributed by atoms with E-state index in [1.165, 1.54) is 6.33 Å². The molecule has 0 aliphatic carbocycles. The largest absolute Gasteiger partial charge is 0.378 e. The Kier molecular flexibility index (Phi) is 3.53. The molecular weight excluding hydrogens is 236 g/mol. The number of anilines is 1. The molecule has 0 saturated carbocycles. The monoisotopic (exact) mass is 244 g/mol. The van der Waals surface area contributed by atoms with Crippen LogP contribution in [0.1, 0.15) is 11.3 Å². The van der Waals surface area contributed by atoms with Crippen molar-refractivity contribution >= 4 is 17.3 Å². The Labute approximate surface area is 104 Å². The van der Waals surface area contributed by atoms with Crippen molar-refractivity contribution in [3.63, 3.8) is 0 Å². The highest BCUT2D eigenvalue weighted by Gasteiger charge is 2.02. The van der Waals surface area contributed by atoms with E-state index < -0.39 is 0 Å². The standard InChI is InChI=1S/C12H9ClN4/c13-11-2-1-9(6-14)5-12(11)16-7-10-3-4-15-8-17-10/h1-5,8,16H,7H2. The van der Waals surface area contributed by atoms with E-state index in [0.717, 1.165) is 11.4 Å². The summed E-state index contributed by atoms with van der Waals surface area (Å²) in [6.45, 7) is 0.539. The molecular formula is C12H9ClN4. The fourth-order valence-corrected chi connectivity index (χ4v) is 1.52. The lowest BCUT2D eigenvalue weighted by Gasteiger charge is -2.07. The van der Waals surface area contributed by atoms with E-state index in [-0.39, 0.29) is 0 Å². The minimum atomic E-state index is 0.539. The molecule has 0 atom stereocenters. The van der Waals surface area contributed by atoms with Gasteiger partial charge in [0, 0.05) is 6.20 Å². The summed E-state index contributed by atoms with van der Waals surface area (Å²) in [5.41, 5.74) is 2.15. The highest BCUT2D eigenvalue weighted by atomic mass is 35.5. The summed E-state index contributed by atoms with van der Waals surface area (Å²) in [5.74, 6) is 0. The van der Waals surface area contributed by atoms with Gasteiger partial charge in [0.1, 0.15) is 6.33 Å². The third kappa shape index (κ3) is 2.92. The molecule has 0 saturated heterocycles. The predicted molar refractivity (Wildman–Crippen MR) is 65.5 cm³/mol. The molecule has 0 unspecified atom stereocenters. The van der Waals surface area contributed by atoms with Gasteiger partial charge in [-0.15, -0.1) is 0 Å². The predicted octanol–water partition coefficient (Wildman–Crippen LogP) is 2.61. The first-order valence-corrected chi connectivity index (χ1v) is 5.36. The highest BCUT2D eigenvalue weighted by Crippen LogP contribution is 2.23. The minimum Gasteiger partial charge on any atom is -0.378 e. The third-order valence-corrected chi connectivity index (χ3v) is 2.53. The molecule has 0 amide bonds. The number of rotatable bonds is 3. The van der Waals surface area contributed by atoms with Gasteiger partial charge in [0.25, 0.3) is 0 Å². The van der Waals surface area contributed by atoms with Gasteiger partial charge in [-0.1, -0.05) is 11.6 Å². The van der Waals surface area contributed by atoms with E-state index in [2.05, 4.69) is 21.4 Å². The Morgan fingerprint density at radius 2 is 2.24 bits per heavy atom. The second-order valence-electron chi connectivity index (χ2n) is 3.36. The lowest BCUT2D eigenvalue weighted by molar-refractivity contribution is 1.01. The van der Waals surface area contributed by atoms with Crippen molar-refractivity contribution in [3.8, 4) is 6.07 Å². The van der Waals surface area contributed by atoms with Gasteiger partial charge in [0.2, 0.25) is 0 Å². The zero-order valence-corrected chi connectivity index (χ0v) is 9.65. The molecule has 0 spiro atoms. The SMILES string of the molecule is N#Cc1ccc(Cl)c(NCc2ccncn2)c1. The Bertz CT molecular complexity index is 548. The Morgan fingerprint density at radius 1 is 1.35 bits per heavy atom. The first-order chi connectivity index (χ1) is 8.29. The number of hydrogen-bond donors (Lipinski definition) is 1. The zero-order valence-electron chi connectivity index (χ0n) is 8.89. The van der Waals surface area contributed by atoms with Gasteiger partial charge >= 0.3 is 0 Å². The number of hydrogen-bond acceptors (Lipinski definition) is 4. The van der Waals surface area contributed by atoms with Crippen LogP contribution in [0.5, 0.6) is 0 Å². The van der Waals surface area contributed by atoms with Crippen LogP contribution >= 0.6 is 11.6 Å². The van der Waals surface area contributed by atoms with Crippen molar-refractivity contribution < 1.29 is 0 Å². The van der Waals surface area contributed by atoms with Crippen LogP contribution < -0.4 is 5.32 Å². The van der Waals surface area contributed by atoms with Gasteiger partial charge < -0.3 is 5.32 Å². The van der Waals surface area contributed by atoms with E-state index >= 15 is 0 Å². The molecule has 1 N–H and O–H groups in total. The summed E-state index contributed by atoms with van der Waals surface area (Å²) < 4.78 is 0. The maximum absolute atomic E-state index is 8.80. The van der Waals surface area contributed by atoms with Crippen molar-refractivity contribution in [1.29, 1.82) is 5.26 Å². The normalized spacial score (nSPS) is 9.65. The van der Waals surface area contributed by atoms with Crippen LogP contribution in [-0.2, 0) is 6.54 Å². The average Bonchev–Trinajstić information content (AvgIpc) is 2.39. The Morgan fingerprint density at radius 3 is 2.94 bits per heavy atom. The minimum absolute atomic E-state index is 0.539. The van der Waals surface area contributed by atoms with Crippen molar-refractivity contribution in [2.75, 3.05) is 5.32 Å². The quantitative estimate of drug-likeness (QED) is 0.902. The summed E-state index contributed by atoms with van der Waals surface area (Å²) in [6.07, 6.45) is 3.17. The molecule has 0 aliphatic rings. The molecule has 0 radical (unpaired) electrons. The van der Waals surface area contributed by atoms with Crippen LogP contribution in [0, 0.1) is 11.3 Å². The van der Waals surface area contributed by atoms with Gasteiger partial charge in [0.15, 0.2) is 0 Å². The topological polar surface area (TPSA) is 61.6 Å². The summed E-state index contributed by atoms with van der Waals surface area (Å²) in [4.78, 5) is 7.92. The average molecular weight is 245 g/mol. The first-order valence-electron chi connectivity index (χ1n) is 4.98. The molecule has 0 aliphatic heterocycles. The first kappa shape index (κ1) is 11.4. The fourth-order valence-electron chi connectivity index (χ4n) is 1.34. The van der Waals surface area contributed by atoms with Crippen molar-refractivity contribution in [2.45, 2.75) is 6.54 Å². The molecule has 1 aromatic carbocycles. The van der Waals surface area contributed by atoms with E-state index in [1.807, 2.05) is 6.07 Å². The molecule has 0 fully saturated rings. The van der Waals surface area contributed by atoms with Crippen LogP contribution in [0.25, 0.3) is 0 Å². The van der Waals surface area contributed by atoms with Gasteiger partial charge in [-0.25, -0.2) is 9.97 Å². The molecule has 5 heteroatoms. The molecule has 17 heavy (non-hydrogen) atoms. The van der Waals surface area contributed by atoms with E-state index in [0.29, 0.717) is 17.1 Å². The Hall–Kier alpha value is -2.12. The molecule has 84 valence electrons. The van der Waals surface area contributed by atoms with Gasteiger partial charge in [-0.2, -0.15) is 5.26 Å². The van der Waals surface area contributed by atoms with Crippen LogP contribution in [0.2, 0.25) is 5.02 Å². The van der Waals surface area contributed by atoms with Crippen molar-refractivity contribution in [2.24, 2.45) is 0 Å². The fraction of sp³-hybridized carbons (Fsp3) is 0.0833. The summed E-state index contributed by atoms with van der Waals surface area (Å²) in [5, 5.41) is 12.5. The number of aromatic nitrogens is 2. The number of halogens is 1. The number of benzene rings is 1. The van der Waals surface area contributed by atoms with Gasteiger partial charge in [0.05, 0.1) is 34.6 Å². The molecule has 2 aromatic rings. The van der Waals surface area contributed by atoms with E-state index in [9.17, 15) is 0 Å². The summed E-state index contributed by atoms with van der Waals surface area (Å²) in [7, 11) is 0. The van der Waals surface area contributed by atoms with E-state index in [1.54, 1.807) is 24.4 Å². The molecule has 1 heterocycles. The number of nitrogens with zero attached hydrogens (tertiary/aromatic N) is 3. The zero-order chi connectivity index (χ0) is 12.1. The van der Waals surface area contributed by atoms with E-state index in [4.69, 9.17) is 16.9 Å². The summed E-state index contributed by atoms with van der Waals surface area (Å²) >= 11 is 6.01. The van der Waals surface area contributed by atoms with Crippen LogP contribution in [0.3, 0.4) is 0 Å². The lowest BCUT2D eigenvalue weighted by atomic mass is 10.2. The third-order valence-electron chi connectivity index (χ3n) is 2.20. The van der Waals surface area contributed by atoms with Crippen molar-refractivity contribution in [1.82, 2.24) is 9.97 Å². The second kappa shape index (κ2) is 5.28. The lowest BCUT2D eigenvalue weighted by Crippen LogP contribution is -2.02. The van der Waals surface area contributed by atoms with Crippen LogP contribution in [-0.4, -0.2) is 9.97 Å². The maximum atomic E-state index is 8.80. The molecule has 4 nitrogen and oxygen atoms in total. The highest BCUT2D eigenvalue weighted by molar-refractivity contribution is 6.33. The van der Waals surface area contributed by atoms with Gasteiger partial charge in [-0.05, 0) is 24.3 Å². The molecule has 1 aromatic heterocycles. The molecule has 0 bridgehead atoms. The van der Waals surface area contributed by atoms with Crippen LogP contribution in [0.15, 0.2) is 36.8 Å². The smallest absolute Gasteiger partial charge is 0.115 e. The summed E-state index contributed by atoms with van der Waals surface area (Å²) in [6, 6.07) is 8.97. The van der Waals surface area contributed by atoms with Crippen LogP contribution in [0.4, 0.5) is 5.69 Å². The second-order valence-corrected chi connectivity index (χ2v) is 3.77. The molecule has 2 rings (SSSR count).